The molecule has 130 valence electrons. The monoisotopic (exact) mass is 734 g/mol. The molecular weight excluding hydrogens is 718 g/mol. The van der Waals surface area contributed by atoms with Gasteiger partial charge in [-0.05, 0) is 0 Å². The number of allylic oxidation sites excluding steroid dienone is 8. The Morgan fingerprint density at radius 1 is 0.625 bits per heavy atom. The van der Waals surface area contributed by atoms with Gasteiger partial charge in [0.1, 0.15) is 0 Å². The van der Waals surface area contributed by atoms with Crippen LogP contribution in [-0.2, 0) is 34.1 Å². The van der Waals surface area contributed by atoms with Gasteiger partial charge in [-0.1, -0.05) is 0 Å². The number of rotatable bonds is 2. The van der Waals surface area contributed by atoms with Gasteiger partial charge in [-0.3, -0.25) is 0 Å². The molecule has 0 radical (unpaired) electrons. The second-order valence-electron chi connectivity index (χ2n) is 6.77. The molecule has 0 spiro atoms. The average molecular weight is 740 g/mol. The Hall–Kier alpha value is 2.65. The SMILES string of the molecule is [Br][Zr]([Br])[CH]1C=CC2=C1CCCC2.[Br][Zr]([Br])[CH]1C=CC2=C1CCCC2. The van der Waals surface area contributed by atoms with E-state index >= 15 is 0 Å². The Morgan fingerprint density at radius 2 is 1.00 bits per heavy atom. The van der Waals surface area contributed by atoms with Crippen molar-refractivity contribution in [3.63, 3.8) is 0 Å². The summed E-state index contributed by atoms with van der Waals surface area (Å²) in [6.07, 6.45) is 20.5. The summed E-state index contributed by atoms with van der Waals surface area (Å²) < 4.78 is 1.62. The van der Waals surface area contributed by atoms with Crippen molar-refractivity contribution in [1.29, 1.82) is 0 Å². The molecule has 0 heterocycles. The molecule has 0 aromatic rings. The quantitative estimate of drug-likeness (QED) is 0.266. The summed E-state index contributed by atoms with van der Waals surface area (Å²) in [7, 11) is 0. The first-order valence-corrected chi connectivity index (χ1v) is 34.1. The Bertz CT molecular complexity index is 538. The van der Waals surface area contributed by atoms with Crippen molar-refractivity contribution in [2.24, 2.45) is 0 Å². The first-order chi connectivity index (χ1) is 11.6. The second kappa shape index (κ2) is 10.4. The van der Waals surface area contributed by atoms with Crippen molar-refractivity contribution in [3.05, 3.63) is 46.6 Å². The molecule has 0 bridgehead atoms. The molecule has 4 aliphatic carbocycles. The Labute approximate surface area is 185 Å². The minimum atomic E-state index is -1.36. The summed E-state index contributed by atoms with van der Waals surface area (Å²) in [6, 6.07) is 0. The fraction of sp³-hybridized carbons (Fsp3) is 0.556. The first-order valence-electron chi connectivity index (χ1n) is 8.74. The Morgan fingerprint density at radius 3 is 1.38 bits per heavy atom. The van der Waals surface area contributed by atoms with E-state index in [1.54, 1.807) is 22.3 Å². The molecule has 0 nitrogen and oxygen atoms in total. The van der Waals surface area contributed by atoms with Gasteiger partial charge in [0.2, 0.25) is 0 Å². The molecule has 0 aliphatic heterocycles. The molecule has 4 rings (SSSR count). The van der Waals surface area contributed by atoms with Crippen LogP contribution in [0.4, 0.5) is 0 Å². The van der Waals surface area contributed by atoms with E-state index in [9.17, 15) is 0 Å². The summed E-state index contributed by atoms with van der Waals surface area (Å²) in [4.78, 5) is 0. The molecule has 2 unspecified atom stereocenters. The summed E-state index contributed by atoms with van der Waals surface area (Å²) in [5.41, 5.74) is 6.82. The summed E-state index contributed by atoms with van der Waals surface area (Å²) in [5.74, 6) is 0. The zero-order valence-electron chi connectivity index (χ0n) is 13.6. The predicted octanol–water partition coefficient (Wildman–Crippen LogP) is 8.91. The van der Waals surface area contributed by atoms with Gasteiger partial charge in [0, 0.05) is 0 Å². The number of hydrogen-bond acceptors (Lipinski definition) is 0. The van der Waals surface area contributed by atoms with Crippen LogP contribution in [0.2, 0.25) is 7.25 Å². The van der Waals surface area contributed by atoms with Gasteiger partial charge in [0.05, 0.1) is 0 Å². The zero-order valence-corrected chi connectivity index (χ0v) is 24.9. The zero-order chi connectivity index (χ0) is 17.1. The maximum absolute atomic E-state index is 3.79. The third kappa shape index (κ3) is 5.37. The van der Waals surface area contributed by atoms with Crippen molar-refractivity contribution < 1.29 is 34.1 Å². The van der Waals surface area contributed by atoms with Crippen LogP contribution in [0.3, 0.4) is 0 Å². The standard InChI is InChI=1S/2C9H11.4BrH.2Zr/c2*1-2-5-9-7-3-6-8(9)4-1;;;;;;/h2*3,6-7H,1-2,4-5H2;4*1H;;/q;;;;;;2*+2/p-4. The summed E-state index contributed by atoms with van der Waals surface area (Å²) in [6.45, 7) is 0. The number of halogens is 4. The number of hydrogen-bond donors (Lipinski definition) is 0. The van der Waals surface area contributed by atoms with Crippen LogP contribution in [0.25, 0.3) is 0 Å². The maximum atomic E-state index is 3.79. The van der Waals surface area contributed by atoms with Crippen molar-refractivity contribution in [2.75, 3.05) is 0 Å². The Kier molecular flexibility index (Phi) is 9.28. The minimum absolute atomic E-state index is 0.808. The predicted molar refractivity (Wildman–Crippen MR) is 112 cm³/mol. The topological polar surface area (TPSA) is 0 Å². The van der Waals surface area contributed by atoms with Crippen molar-refractivity contribution in [3.8, 4) is 0 Å². The van der Waals surface area contributed by atoms with Crippen LogP contribution in [0, 0.1) is 0 Å². The molecule has 0 saturated carbocycles. The van der Waals surface area contributed by atoms with Crippen molar-refractivity contribution in [1.82, 2.24) is 0 Å². The molecule has 2 atom stereocenters. The molecule has 6 heteroatoms. The van der Waals surface area contributed by atoms with Gasteiger partial charge in [-0.15, -0.1) is 0 Å². The van der Waals surface area contributed by atoms with Crippen molar-refractivity contribution >= 4 is 48.9 Å². The Balaban J connectivity index is 0.000000141. The van der Waals surface area contributed by atoms with E-state index < -0.39 is 34.1 Å². The van der Waals surface area contributed by atoms with E-state index in [0.717, 1.165) is 7.25 Å². The fourth-order valence-corrected chi connectivity index (χ4v) is 18.3. The fourth-order valence-electron chi connectivity index (χ4n) is 4.06. The average Bonchev–Trinajstić information content (AvgIpc) is 3.19. The molecule has 0 saturated heterocycles. The van der Waals surface area contributed by atoms with Crippen LogP contribution < -0.4 is 0 Å². The van der Waals surface area contributed by atoms with E-state index in [4.69, 9.17) is 0 Å². The van der Waals surface area contributed by atoms with E-state index in [2.05, 4.69) is 73.2 Å². The van der Waals surface area contributed by atoms with E-state index in [-0.39, 0.29) is 0 Å². The van der Waals surface area contributed by atoms with Gasteiger partial charge in [-0.25, -0.2) is 0 Å². The first kappa shape index (κ1) is 21.4. The van der Waals surface area contributed by atoms with Crippen LogP contribution >= 0.6 is 48.9 Å². The van der Waals surface area contributed by atoms with Crippen molar-refractivity contribution in [2.45, 2.75) is 58.6 Å². The van der Waals surface area contributed by atoms with Crippen LogP contribution in [0.5, 0.6) is 0 Å². The molecule has 0 N–H and O–H groups in total. The van der Waals surface area contributed by atoms with Crippen LogP contribution in [0.1, 0.15) is 51.4 Å². The van der Waals surface area contributed by atoms with Gasteiger partial charge >= 0.3 is 188 Å². The molecule has 0 amide bonds. The molecule has 0 fully saturated rings. The van der Waals surface area contributed by atoms with Gasteiger partial charge in [0.25, 0.3) is 0 Å². The molecular formula is C18H22Br4Zr2. The molecule has 0 aromatic carbocycles. The molecule has 4 aliphatic rings. The van der Waals surface area contributed by atoms with E-state index in [1.807, 2.05) is 0 Å². The third-order valence-electron chi connectivity index (χ3n) is 5.31. The third-order valence-corrected chi connectivity index (χ3v) is 22.0. The molecule has 0 aromatic heterocycles. The second-order valence-corrected chi connectivity index (χ2v) is 45.5. The van der Waals surface area contributed by atoms with Gasteiger partial charge in [0.15, 0.2) is 0 Å². The van der Waals surface area contributed by atoms with Crippen LogP contribution in [-0.4, -0.2) is 0 Å². The van der Waals surface area contributed by atoms with E-state index in [0.29, 0.717) is 0 Å². The summed E-state index contributed by atoms with van der Waals surface area (Å²) in [5, 5.41) is 0. The normalized spacial score (nSPS) is 27.7. The van der Waals surface area contributed by atoms with Crippen LogP contribution in [0.15, 0.2) is 46.6 Å². The van der Waals surface area contributed by atoms with E-state index in [1.165, 1.54) is 51.4 Å². The molecule has 24 heavy (non-hydrogen) atoms. The van der Waals surface area contributed by atoms with Gasteiger partial charge in [-0.2, -0.15) is 0 Å². The summed E-state index contributed by atoms with van der Waals surface area (Å²) >= 11 is 12.4. The van der Waals surface area contributed by atoms with Gasteiger partial charge < -0.3 is 0 Å².